The van der Waals surface area contributed by atoms with Crippen LogP contribution in [-0.2, 0) is 25.6 Å². The molecule has 3 aromatic carbocycles. The zero-order valence-electron chi connectivity index (χ0n) is 29.3. The number of nitrogens with zero attached hydrogens (tertiary/aromatic N) is 5. The number of hydrogen-bond donors (Lipinski definition) is 1. The molecule has 2 aliphatic heterocycles. The molecule has 0 aliphatic carbocycles. The number of ether oxygens (including phenoxy) is 3. The Morgan fingerprint density at radius 1 is 1.00 bits per heavy atom. The first-order chi connectivity index (χ1) is 24.4. The van der Waals surface area contributed by atoms with E-state index in [-0.39, 0.29) is 12.2 Å². The maximum Gasteiger partial charge on any atom is 0.410 e. The molecule has 12 nitrogen and oxygen atoms in total. The van der Waals surface area contributed by atoms with Gasteiger partial charge in [-0.15, -0.1) is 0 Å². The van der Waals surface area contributed by atoms with Gasteiger partial charge in [0, 0.05) is 30.8 Å². The second-order valence-electron chi connectivity index (χ2n) is 13.8. The van der Waals surface area contributed by atoms with E-state index in [1.54, 1.807) is 79.6 Å². The van der Waals surface area contributed by atoms with Crippen LogP contribution in [0.5, 0.6) is 5.75 Å². The smallest absolute Gasteiger partial charge is 0.410 e. The molecule has 0 radical (unpaired) electrons. The number of aromatic nitrogens is 1. The number of carbonyl (C=O) groups excluding carboxylic acids is 3. The van der Waals surface area contributed by atoms with Crippen LogP contribution in [0.3, 0.4) is 0 Å². The molecule has 1 N–H and O–H groups in total. The molecule has 262 valence electrons. The molecule has 1 fully saturated rings. The van der Waals surface area contributed by atoms with Gasteiger partial charge in [-0.2, -0.15) is 10.5 Å². The SMILES string of the molecule is C[C@@H](C(=O)N[C@@H]1C(=O)N(Cc2c(C#N)n(-c3ccccc3C#N)c3ccccc23)c2ccccc2OC12CCOCC2)N(C)C(=O)OC(C)(C)C. The molecule has 0 saturated carbocycles. The van der Waals surface area contributed by atoms with E-state index in [0.29, 0.717) is 59.8 Å². The summed E-state index contributed by atoms with van der Waals surface area (Å²) in [6, 6.07) is 24.1. The first kappa shape index (κ1) is 35.0. The minimum atomic E-state index is -1.19. The van der Waals surface area contributed by atoms with E-state index >= 15 is 4.79 Å². The van der Waals surface area contributed by atoms with Crippen LogP contribution >= 0.6 is 0 Å². The Balaban J connectivity index is 1.45. The molecule has 3 amide bonds. The van der Waals surface area contributed by atoms with Crippen molar-refractivity contribution < 1.29 is 28.6 Å². The van der Waals surface area contributed by atoms with E-state index in [1.807, 2.05) is 30.3 Å². The summed E-state index contributed by atoms with van der Waals surface area (Å²) in [4.78, 5) is 44.7. The Bertz CT molecular complexity index is 2080. The van der Waals surface area contributed by atoms with Gasteiger partial charge in [0.25, 0.3) is 5.91 Å². The average Bonchev–Trinajstić information content (AvgIpc) is 3.40. The quantitative estimate of drug-likeness (QED) is 0.276. The van der Waals surface area contributed by atoms with Gasteiger partial charge in [0.1, 0.15) is 46.9 Å². The number of rotatable bonds is 6. The Morgan fingerprint density at radius 3 is 2.33 bits per heavy atom. The number of anilines is 1. The molecule has 3 heterocycles. The second kappa shape index (κ2) is 13.8. The van der Waals surface area contributed by atoms with Crippen molar-refractivity contribution >= 4 is 34.5 Å². The summed E-state index contributed by atoms with van der Waals surface area (Å²) < 4.78 is 19.7. The molecule has 1 saturated heterocycles. The molecule has 1 spiro atoms. The highest BCUT2D eigenvalue weighted by atomic mass is 16.6. The summed E-state index contributed by atoms with van der Waals surface area (Å²) in [7, 11) is 1.47. The predicted molar refractivity (Wildman–Crippen MR) is 189 cm³/mol. The highest BCUT2D eigenvalue weighted by Crippen LogP contribution is 2.42. The molecule has 1 aromatic heterocycles. The molecule has 4 aromatic rings. The normalized spacial score (nSPS) is 17.4. The van der Waals surface area contributed by atoms with Crippen molar-refractivity contribution in [3.8, 4) is 23.6 Å². The maximum atomic E-state index is 15.1. The molecular weight excluding hydrogens is 648 g/mol. The molecular formula is C39H40N6O6. The first-order valence-corrected chi connectivity index (χ1v) is 16.8. The lowest BCUT2D eigenvalue weighted by Crippen LogP contribution is -2.65. The fourth-order valence-electron chi connectivity index (χ4n) is 6.69. The third-order valence-electron chi connectivity index (χ3n) is 9.44. The zero-order valence-corrected chi connectivity index (χ0v) is 29.3. The number of amides is 3. The van der Waals surface area contributed by atoms with Crippen molar-refractivity contribution in [2.45, 2.75) is 70.4 Å². The van der Waals surface area contributed by atoms with Crippen molar-refractivity contribution in [2.24, 2.45) is 0 Å². The number of carbonyl (C=O) groups is 3. The van der Waals surface area contributed by atoms with Gasteiger partial charge in [0.05, 0.1) is 42.2 Å². The second-order valence-corrected chi connectivity index (χ2v) is 13.8. The first-order valence-electron chi connectivity index (χ1n) is 16.8. The van der Waals surface area contributed by atoms with Crippen molar-refractivity contribution in [3.63, 3.8) is 0 Å². The number of fused-ring (bicyclic) bond motifs is 2. The molecule has 6 rings (SSSR count). The number of nitrogens with one attached hydrogen (secondary N) is 1. The summed E-state index contributed by atoms with van der Waals surface area (Å²) in [6.07, 6.45) is -0.0482. The van der Waals surface area contributed by atoms with Crippen LogP contribution in [0.4, 0.5) is 10.5 Å². The van der Waals surface area contributed by atoms with Crippen molar-refractivity contribution in [1.29, 1.82) is 10.5 Å². The third kappa shape index (κ3) is 6.58. The number of hydrogen-bond acceptors (Lipinski definition) is 8. The molecule has 2 atom stereocenters. The van der Waals surface area contributed by atoms with Gasteiger partial charge in [0.2, 0.25) is 5.91 Å². The highest BCUT2D eigenvalue weighted by molar-refractivity contribution is 6.03. The van der Waals surface area contributed by atoms with Crippen LogP contribution < -0.4 is 15.0 Å². The van der Waals surface area contributed by atoms with Crippen LogP contribution in [0.2, 0.25) is 0 Å². The maximum absolute atomic E-state index is 15.1. The van der Waals surface area contributed by atoms with Gasteiger partial charge in [-0.25, -0.2) is 4.79 Å². The van der Waals surface area contributed by atoms with Gasteiger partial charge < -0.3 is 24.4 Å². The Morgan fingerprint density at radius 2 is 1.65 bits per heavy atom. The number of para-hydroxylation sites is 4. The van der Waals surface area contributed by atoms with Crippen LogP contribution in [0.15, 0.2) is 72.8 Å². The molecule has 2 aliphatic rings. The van der Waals surface area contributed by atoms with E-state index in [1.165, 1.54) is 11.9 Å². The summed E-state index contributed by atoms with van der Waals surface area (Å²) in [5, 5.41) is 24.3. The van der Waals surface area contributed by atoms with Gasteiger partial charge in [-0.05, 0) is 58.0 Å². The summed E-state index contributed by atoms with van der Waals surface area (Å²) in [6.45, 7) is 7.35. The van der Waals surface area contributed by atoms with Crippen LogP contribution in [0.1, 0.15) is 57.4 Å². The molecule has 0 bridgehead atoms. The van der Waals surface area contributed by atoms with Gasteiger partial charge in [-0.3, -0.25) is 19.1 Å². The van der Waals surface area contributed by atoms with Crippen LogP contribution in [0.25, 0.3) is 16.6 Å². The van der Waals surface area contributed by atoms with Gasteiger partial charge >= 0.3 is 6.09 Å². The van der Waals surface area contributed by atoms with Crippen LogP contribution in [-0.4, -0.2) is 70.9 Å². The lowest BCUT2D eigenvalue weighted by Gasteiger charge is -2.42. The van der Waals surface area contributed by atoms with Crippen molar-refractivity contribution in [1.82, 2.24) is 14.8 Å². The third-order valence-corrected chi connectivity index (χ3v) is 9.44. The number of likely N-dealkylation sites (N-methyl/N-ethyl adjacent to an activating group) is 1. The Hall–Kier alpha value is -5.85. The predicted octanol–water partition coefficient (Wildman–Crippen LogP) is 5.59. The summed E-state index contributed by atoms with van der Waals surface area (Å²) in [5.41, 5.74) is 0.995. The zero-order chi connectivity index (χ0) is 36.5. The van der Waals surface area contributed by atoms with Crippen molar-refractivity contribution in [2.75, 3.05) is 25.2 Å². The molecule has 0 unspecified atom stereocenters. The van der Waals surface area contributed by atoms with Gasteiger partial charge in [0.15, 0.2) is 0 Å². The fourth-order valence-corrected chi connectivity index (χ4v) is 6.69. The largest absolute Gasteiger partial charge is 0.482 e. The highest BCUT2D eigenvalue weighted by Gasteiger charge is 2.52. The van der Waals surface area contributed by atoms with E-state index in [2.05, 4.69) is 17.5 Å². The Kier molecular flexibility index (Phi) is 9.48. The topological polar surface area (TPSA) is 150 Å². The average molecular weight is 689 g/mol. The van der Waals surface area contributed by atoms with Gasteiger partial charge in [-0.1, -0.05) is 42.5 Å². The van der Waals surface area contributed by atoms with Crippen molar-refractivity contribution in [3.05, 3.63) is 89.6 Å². The lowest BCUT2D eigenvalue weighted by atomic mass is 9.84. The van der Waals surface area contributed by atoms with E-state index in [9.17, 15) is 20.1 Å². The number of benzene rings is 3. The van der Waals surface area contributed by atoms with E-state index < -0.39 is 41.2 Å². The summed E-state index contributed by atoms with van der Waals surface area (Å²) >= 11 is 0. The summed E-state index contributed by atoms with van der Waals surface area (Å²) in [5.74, 6) is -0.564. The minimum absolute atomic E-state index is 0.0450. The Labute approximate surface area is 296 Å². The van der Waals surface area contributed by atoms with E-state index in [4.69, 9.17) is 14.2 Å². The fraction of sp³-hybridized carbons (Fsp3) is 0.359. The lowest BCUT2D eigenvalue weighted by molar-refractivity contribution is -0.139. The standard InChI is InChI=1S/C39H40N6O6/c1-25(43(5)37(48)51-38(2,3)4)35(46)42-34-36(47)44(31-16-10-11-17-33(31)50-39(34)18-20-49-21-19-39)24-28-27-13-7-9-15-30(27)45(32(28)23-41)29-14-8-6-12-26(29)22-40/h6-17,25,34H,18-21,24H2,1-5H3,(H,42,46)/t25-,34+/m0/s1. The molecule has 51 heavy (non-hydrogen) atoms. The monoisotopic (exact) mass is 688 g/mol. The minimum Gasteiger partial charge on any atom is -0.482 e. The van der Waals surface area contributed by atoms with Crippen LogP contribution in [0, 0.1) is 22.7 Å². The number of nitriles is 2. The molecule has 12 heteroatoms. The van der Waals surface area contributed by atoms with E-state index in [0.717, 1.165) is 5.39 Å².